The van der Waals surface area contributed by atoms with Gasteiger partial charge in [-0.2, -0.15) is 0 Å². The SMILES string of the molecule is C=CC[C@](CC#CCC[C@](CC=C)(NC(C)=O)C(=O)OC)(NC(C)=O)C(=O)OC. The molecule has 160 valence electrons. The third-order valence-corrected chi connectivity index (χ3v) is 4.16. The van der Waals surface area contributed by atoms with E-state index in [0.717, 1.165) is 0 Å². The Bertz CT molecular complexity index is 706. The summed E-state index contributed by atoms with van der Waals surface area (Å²) in [4.78, 5) is 47.6. The van der Waals surface area contributed by atoms with Crippen LogP contribution < -0.4 is 10.6 Å². The lowest BCUT2D eigenvalue weighted by Gasteiger charge is -2.30. The molecular weight excluding hydrogens is 376 g/mol. The molecule has 0 saturated carbocycles. The Labute approximate surface area is 172 Å². The molecule has 0 radical (unpaired) electrons. The minimum Gasteiger partial charge on any atom is -0.467 e. The number of carbonyl (C=O) groups excluding carboxylic acids is 4. The minimum absolute atomic E-state index is 0.00189. The van der Waals surface area contributed by atoms with E-state index >= 15 is 0 Å². The zero-order valence-corrected chi connectivity index (χ0v) is 17.6. The maximum Gasteiger partial charge on any atom is 0.332 e. The number of esters is 2. The molecule has 0 bridgehead atoms. The second-order valence-corrected chi connectivity index (χ2v) is 6.53. The third kappa shape index (κ3) is 7.82. The van der Waals surface area contributed by atoms with Crippen molar-refractivity contribution in [1.29, 1.82) is 0 Å². The molecule has 0 heterocycles. The van der Waals surface area contributed by atoms with Crippen LogP contribution in [-0.4, -0.2) is 49.1 Å². The number of methoxy groups -OCH3 is 2. The first-order valence-corrected chi connectivity index (χ1v) is 9.05. The highest BCUT2D eigenvalue weighted by atomic mass is 16.5. The number of hydrogen-bond acceptors (Lipinski definition) is 6. The van der Waals surface area contributed by atoms with Crippen molar-refractivity contribution in [2.24, 2.45) is 0 Å². The molecule has 0 fully saturated rings. The second kappa shape index (κ2) is 12.4. The fraction of sp³-hybridized carbons (Fsp3) is 0.524. The first kappa shape index (κ1) is 25.9. The Morgan fingerprint density at radius 2 is 1.31 bits per heavy atom. The lowest BCUT2D eigenvalue weighted by Crippen LogP contribution is -2.54. The van der Waals surface area contributed by atoms with Crippen LogP contribution in [0.5, 0.6) is 0 Å². The van der Waals surface area contributed by atoms with E-state index in [1.54, 1.807) is 0 Å². The Kier molecular flexibility index (Phi) is 11.1. The molecule has 0 rings (SSSR count). The van der Waals surface area contributed by atoms with E-state index in [2.05, 4.69) is 35.6 Å². The summed E-state index contributed by atoms with van der Waals surface area (Å²) >= 11 is 0. The lowest BCUT2D eigenvalue weighted by atomic mass is 9.88. The molecule has 0 aromatic heterocycles. The van der Waals surface area contributed by atoms with Crippen LogP contribution in [0, 0.1) is 11.8 Å². The molecule has 2 atom stereocenters. The predicted octanol–water partition coefficient (Wildman–Crippen LogP) is 1.41. The molecule has 0 aromatic carbocycles. The van der Waals surface area contributed by atoms with Crippen molar-refractivity contribution in [3.05, 3.63) is 25.3 Å². The van der Waals surface area contributed by atoms with Gasteiger partial charge in [-0.25, -0.2) is 9.59 Å². The van der Waals surface area contributed by atoms with Gasteiger partial charge in [0.05, 0.1) is 14.2 Å². The summed E-state index contributed by atoms with van der Waals surface area (Å²) in [5.74, 6) is 3.72. The average molecular weight is 406 g/mol. The Hall–Kier alpha value is -3.08. The van der Waals surface area contributed by atoms with Crippen molar-refractivity contribution in [3.8, 4) is 11.8 Å². The van der Waals surface area contributed by atoms with Crippen LogP contribution in [0.15, 0.2) is 25.3 Å². The fourth-order valence-corrected chi connectivity index (χ4v) is 2.96. The average Bonchev–Trinajstić information content (AvgIpc) is 2.65. The van der Waals surface area contributed by atoms with E-state index in [-0.39, 0.29) is 38.0 Å². The number of carbonyl (C=O) groups is 4. The van der Waals surface area contributed by atoms with Gasteiger partial charge in [0.15, 0.2) is 5.54 Å². The maximum atomic E-state index is 12.3. The van der Waals surface area contributed by atoms with Gasteiger partial charge in [-0.1, -0.05) is 12.2 Å². The summed E-state index contributed by atoms with van der Waals surface area (Å²) < 4.78 is 9.65. The Morgan fingerprint density at radius 3 is 1.76 bits per heavy atom. The Morgan fingerprint density at radius 1 is 0.862 bits per heavy atom. The number of ether oxygens (including phenoxy) is 2. The zero-order chi connectivity index (χ0) is 22.5. The molecule has 2 N–H and O–H groups in total. The predicted molar refractivity (Wildman–Crippen MR) is 108 cm³/mol. The van der Waals surface area contributed by atoms with Gasteiger partial charge in [0, 0.05) is 26.7 Å². The zero-order valence-electron chi connectivity index (χ0n) is 17.6. The van der Waals surface area contributed by atoms with Gasteiger partial charge in [-0.15, -0.1) is 25.0 Å². The summed E-state index contributed by atoms with van der Waals surface area (Å²) in [6.07, 6.45) is 3.75. The van der Waals surface area contributed by atoms with Crippen LogP contribution in [0.2, 0.25) is 0 Å². The van der Waals surface area contributed by atoms with Crippen LogP contribution in [0.3, 0.4) is 0 Å². The van der Waals surface area contributed by atoms with E-state index < -0.39 is 28.9 Å². The summed E-state index contributed by atoms with van der Waals surface area (Å²) in [5.41, 5.74) is -2.61. The maximum absolute atomic E-state index is 12.3. The molecule has 0 aliphatic heterocycles. The van der Waals surface area contributed by atoms with Crippen LogP contribution >= 0.6 is 0 Å². The standard InChI is InChI=1S/C21H30N2O6/c1-7-12-20(18(26)28-5,22-16(3)24)14-10-9-11-15-21(13-8-2,19(27)29-6)23-17(4)25/h7-8H,1-2,10,12-15H2,3-6H3,(H,22,24)(H,23,25)/t20-,21+/m0/s1. The van der Waals surface area contributed by atoms with Crippen LogP contribution in [0.1, 0.15) is 46.0 Å². The van der Waals surface area contributed by atoms with Gasteiger partial charge in [0.25, 0.3) is 0 Å². The van der Waals surface area contributed by atoms with Gasteiger partial charge in [0.2, 0.25) is 11.8 Å². The monoisotopic (exact) mass is 406 g/mol. The Balaban J connectivity index is 5.50. The molecule has 0 spiro atoms. The van der Waals surface area contributed by atoms with Crippen LogP contribution in [0.25, 0.3) is 0 Å². The molecule has 8 heteroatoms. The quantitative estimate of drug-likeness (QED) is 0.305. The first-order valence-electron chi connectivity index (χ1n) is 9.05. The highest BCUT2D eigenvalue weighted by molar-refractivity contribution is 5.88. The van der Waals surface area contributed by atoms with Gasteiger partial charge in [0.1, 0.15) is 5.54 Å². The number of hydrogen-bond donors (Lipinski definition) is 2. The molecule has 29 heavy (non-hydrogen) atoms. The summed E-state index contributed by atoms with van der Waals surface area (Å²) in [7, 11) is 2.46. The van der Waals surface area contributed by atoms with E-state index in [4.69, 9.17) is 9.47 Å². The van der Waals surface area contributed by atoms with Crippen molar-refractivity contribution < 1.29 is 28.7 Å². The minimum atomic E-state index is -1.34. The molecule has 0 saturated heterocycles. The number of rotatable bonds is 11. The number of nitrogens with one attached hydrogen (secondary N) is 2. The highest BCUT2D eigenvalue weighted by Crippen LogP contribution is 2.21. The smallest absolute Gasteiger partial charge is 0.332 e. The van der Waals surface area contributed by atoms with Crippen molar-refractivity contribution in [1.82, 2.24) is 10.6 Å². The number of amides is 2. The van der Waals surface area contributed by atoms with Gasteiger partial charge in [-0.3, -0.25) is 9.59 Å². The van der Waals surface area contributed by atoms with Crippen molar-refractivity contribution in [3.63, 3.8) is 0 Å². The third-order valence-electron chi connectivity index (χ3n) is 4.16. The van der Waals surface area contributed by atoms with Gasteiger partial charge in [-0.05, 0) is 19.3 Å². The van der Waals surface area contributed by atoms with E-state index in [0.29, 0.717) is 0 Å². The molecule has 8 nitrogen and oxygen atoms in total. The van der Waals surface area contributed by atoms with Gasteiger partial charge < -0.3 is 20.1 Å². The summed E-state index contributed by atoms with van der Waals surface area (Å²) in [6, 6.07) is 0. The fourth-order valence-electron chi connectivity index (χ4n) is 2.96. The molecule has 0 aliphatic rings. The largest absolute Gasteiger partial charge is 0.467 e. The van der Waals surface area contributed by atoms with Crippen molar-refractivity contribution in [2.75, 3.05) is 14.2 Å². The molecular formula is C21H30N2O6. The van der Waals surface area contributed by atoms with Crippen LogP contribution in [-0.2, 0) is 28.7 Å². The van der Waals surface area contributed by atoms with E-state index in [9.17, 15) is 19.2 Å². The summed E-state index contributed by atoms with van der Waals surface area (Å²) in [5, 5.41) is 5.22. The molecule has 0 unspecified atom stereocenters. The highest BCUT2D eigenvalue weighted by Gasteiger charge is 2.40. The van der Waals surface area contributed by atoms with E-state index in [1.165, 1.54) is 40.2 Å². The normalized spacial score (nSPS) is 13.9. The second-order valence-electron chi connectivity index (χ2n) is 6.53. The van der Waals surface area contributed by atoms with Gasteiger partial charge >= 0.3 is 11.9 Å². The van der Waals surface area contributed by atoms with E-state index in [1.807, 2.05) is 0 Å². The molecule has 0 aromatic rings. The topological polar surface area (TPSA) is 111 Å². The first-order chi connectivity index (χ1) is 13.6. The molecule has 0 aliphatic carbocycles. The summed E-state index contributed by atoms with van der Waals surface area (Å²) in [6.45, 7) is 9.84. The van der Waals surface area contributed by atoms with Crippen molar-refractivity contribution >= 4 is 23.8 Å². The van der Waals surface area contributed by atoms with Crippen LogP contribution in [0.4, 0.5) is 0 Å². The van der Waals surface area contributed by atoms with Crippen molar-refractivity contribution in [2.45, 2.75) is 57.0 Å². The molecule has 2 amide bonds. The lowest BCUT2D eigenvalue weighted by molar-refractivity contribution is -0.151.